The minimum absolute atomic E-state index is 0.168. The summed E-state index contributed by atoms with van der Waals surface area (Å²) < 4.78 is 24.7. The van der Waals surface area contributed by atoms with Crippen molar-refractivity contribution in [2.45, 2.75) is 11.8 Å². The predicted octanol–water partition coefficient (Wildman–Crippen LogP) is 0.606. The smallest absolute Gasteiger partial charge is 0.246 e. The molecule has 1 aromatic heterocycles. The molecular formula is C8H13N3O2S. The molecule has 5 nitrogen and oxygen atoms in total. The van der Waals surface area contributed by atoms with E-state index < -0.39 is 10.0 Å². The van der Waals surface area contributed by atoms with Crippen LogP contribution in [0.15, 0.2) is 29.4 Å². The molecule has 1 heterocycles. The molecule has 0 spiro atoms. The fourth-order valence-corrected chi connectivity index (χ4v) is 2.16. The van der Waals surface area contributed by atoms with E-state index in [0.29, 0.717) is 6.54 Å². The Labute approximate surface area is 83.5 Å². The van der Waals surface area contributed by atoms with Gasteiger partial charge in [-0.1, -0.05) is 12.2 Å². The van der Waals surface area contributed by atoms with Crippen LogP contribution in [0.3, 0.4) is 0 Å². The molecular weight excluding hydrogens is 202 g/mol. The molecule has 0 aliphatic rings. The molecule has 0 fully saturated rings. The molecule has 14 heavy (non-hydrogen) atoms. The van der Waals surface area contributed by atoms with Crippen LogP contribution in [0.4, 0.5) is 0 Å². The summed E-state index contributed by atoms with van der Waals surface area (Å²) in [6.45, 7) is 5.75. The standard InChI is InChI=1S/C8H13N3O2S/c1-7(2)6-11(3)14(12,13)8-4-9-10-5-8/h4-5H,1,6H2,2-3H3,(H,9,10). The van der Waals surface area contributed by atoms with E-state index in [1.54, 1.807) is 6.92 Å². The van der Waals surface area contributed by atoms with Gasteiger partial charge >= 0.3 is 0 Å². The lowest BCUT2D eigenvalue weighted by Crippen LogP contribution is -2.28. The van der Waals surface area contributed by atoms with Crippen molar-refractivity contribution in [1.82, 2.24) is 14.5 Å². The van der Waals surface area contributed by atoms with Crippen LogP contribution in [0.2, 0.25) is 0 Å². The first-order valence-electron chi connectivity index (χ1n) is 4.04. The van der Waals surface area contributed by atoms with Gasteiger partial charge in [0.2, 0.25) is 10.0 Å². The molecule has 1 N–H and O–H groups in total. The lowest BCUT2D eigenvalue weighted by molar-refractivity contribution is 0.493. The second kappa shape index (κ2) is 3.93. The van der Waals surface area contributed by atoms with E-state index in [1.807, 2.05) is 0 Å². The Morgan fingerprint density at radius 3 is 2.79 bits per heavy atom. The summed E-state index contributed by atoms with van der Waals surface area (Å²) in [7, 11) is -1.90. The fraction of sp³-hybridized carbons (Fsp3) is 0.375. The van der Waals surface area contributed by atoms with Crippen molar-refractivity contribution in [1.29, 1.82) is 0 Å². The molecule has 0 aromatic carbocycles. The third-order valence-corrected chi connectivity index (χ3v) is 3.44. The van der Waals surface area contributed by atoms with Crippen molar-refractivity contribution in [3.05, 3.63) is 24.5 Å². The number of aromatic amines is 1. The quantitative estimate of drug-likeness (QED) is 0.748. The van der Waals surface area contributed by atoms with E-state index in [4.69, 9.17) is 0 Å². The number of hydrogen-bond donors (Lipinski definition) is 1. The van der Waals surface area contributed by atoms with Crippen LogP contribution in [0, 0.1) is 0 Å². The van der Waals surface area contributed by atoms with E-state index in [2.05, 4.69) is 16.8 Å². The van der Waals surface area contributed by atoms with Gasteiger partial charge in [0.1, 0.15) is 4.90 Å². The van der Waals surface area contributed by atoms with Gasteiger partial charge in [0.05, 0.1) is 6.20 Å². The van der Waals surface area contributed by atoms with E-state index in [9.17, 15) is 8.42 Å². The SMILES string of the molecule is C=C(C)CN(C)S(=O)(=O)c1cn[nH]c1. The molecule has 78 valence electrons. The molecule has 0 bridgehead atoms. The summed E-state index contributed by atoms with van der Waals surface area (Å²) in [4.78, 5) is 0.168. The third-order valence-electron chi connectivity index (χ3n) is 1.67. The number of nitrogens with one attached hydrogen (secondary N) is 1. The van der Waals surface area contributed by atoms with Gasteiger partial charge in [-0.15, -0.1) is 0 Å². The highest BCUT2D eigenvalue weighted by atomic mass is 32.2. The molecule has 1 rings (SSSR count). The summed E-state index contributed by atoms with van der Waals surface area (Å²) in [6, 6.07) is 0. The zero-order chi connectivity index (χ0) is 10.8. The number of aromatic nitrogens is 2. The highest BCUT2D eigenvalue weighted by Crippen LogP contribution is 2.12. The first kappa shape index (κ1) is 10.9. The number of H-pyrrole nitrogens is 1. The summed E-state index contributed by atoms with van der Waals surface area (Å²) in [5.41, 5.74) is 0.791. The average Bonchev–Trinajstić information content (AvgIpc) is 2.54. The Balaban J connectivity index is 2.92. The Kier molecular flexibility index (Phi) is 3.07. The Morgan fingerprint density at radius 1 is 1.71 bits per heavy atom. The average molecular weight is 215 g/mol. The largest absolute Gasteiger partial charge is 0.284 e. The first-order valence-corrected chi connectivity index (χ1v) is 5.48. The van der Waals surface area contributed by atoms with Gasteiger partial charge in [0.15, 0.2) is 0 Å². The van der Waals surface area contributed by atoms with E-state index >= 15 is 0 Å². The molecule has 0 radical (unpaired) electrons. The van der Waals surface area contributed by atoms with Crippen molar-refractivity contribution >= 4 is 10.0 Å². The Bertz CT molecular complexity index is 408. The number of rotatable bonds is 4. The molecule has 0 unspecified atom stereocenters. The number of hydrogen-bond acceptors (Lipinski definition) is 3. The lowest BCUT2D eigenvalue weighted by Gasteiger charge is -2.15. The third kappa shape index (κ3) is 2.21. The topological polar surface area (TPSA) is 66.1 Å². The van der Waals surface area contributed by atoms with Crippen molar-refractivity contribution in [2.75, 3.05) is 13.6 Å². The summed E-state index contributed by atoms with van der Waals surface area (Å²) in [5, 5.41) is 6.06. The second-order valence-corrected chi connectivity index (χ2v) is 5.20. The van der Waals surface area contributed by atoms with Crippen molar-refractivity contribution in [2.24, 2.45) is 0 Å². The summed E-state index contributed by atoms with van der Waals surface area (Å²) >= 11 is 0. The molecule has 0 saturated heterocycles. The maximum absolute atomic E-state index is 11.8. The molecule has 0 aliphatic carbocycles. The summed E-state index contributed by atoms with van der Waals surface area (Å²) in [5.74, 6) is 0. The maximum atomic E-state index is 11.8. The van der Waals surface area contributed by atoms with Gasteiger partial charge in [-0.3, -0.25) is 5.10 Å². The fourth-order valence-electron chi connectivity index (χ4n) is 1.03. The van der Waals surface area contributed by atoms with Gasteiger partial charge in [-0.2, -0.15) is 9.40 Å². The van der Waals surface area contributed by atoms with Crippen LogP contribution in [0.1, 0.15) is 6.92 Å². The zero-order valence-corrected chi connectivity index (χ0v) is 9.00. The van der Waals surface area contributed by atoms with Crippen molar-refractivity contribution < 1.29 is 8.42 Å². The van der Waals surface area contributed by atoms with Crippen LogP contribution in [0.25, 0.3) is 0 Å². The van der Waals surface area contributed by atoms with Crippen LogP contribution in [-0.2, 0) is 10.0 Å². The molecule has 0 aliphatic heterocycles. The van der Waals surface area contributed by atoms with Crippen LogP contribution < -0.4 is 0 Å². The lowest BCUT2D eigenvalue weighted by atomic mass is 10.4. The predicted molar refractivity (Wildman–Crippen MR) is 53.2 cm³/mol. The highest BCUT2D eigenvalue weighted by molar-refractivity contribution is 7.89. The number of likely N-dealkylation sites (N-methyl/N-ethyl adjacent to an activating group) is 1. The van der Waals surface area contributed by atoms with Crippen LogP contribution in [0.5, 0.6) is 0 Å². The first-order chi connectivity index (χ1) is 6.44. The van der Waals surface area contributed by atoms with E-state index in [-0.39, 0.29) is 4.90 Å². The monoisotopic (exact) mass is 215 g/mol. The molecule has 0 atom stereocenters. The van der Waals surface area contributed by atoms with E-state index in [0.717, 1.165) is 5.57 Å². The summed E-state index contributed by atoms with van der Waals surface area (Å²) in [6.07, 6.45) is 2.63. The van der Waals surface area contributed by atoms with Gasteiger partial charge < -0.3 is 0 Å². The van der Waals surface area contributed by atoms with Crippen LogP contribution >= 0.6 is 0 Å². The highest BCUT2D eigenvalue weighted by Gasteiger charge is 2.21. The van der Waals surface area contributed by atoms with E-state index in [1.165, 1.54) is 23.7 Å². The minimum Gasteiger partial charge on any atom is -0.284 e. The Morgan fingerprint density at radius 2 is 2.36 bits per heavy atom. The van der Waals surface area contributed by atoms with Gasteiger partial charge in [-0.05, 0) is 6.92 Å². The second-order valence-electron chi connectivity index (χ2n) is 3.15. The van der Waals surface area contributed by atoms with Crippen LogP contribution in [-0.4, -0.2) is 36.5 Å². The molecule has 0 amide bonds. The number of nitrogens with zero attached hydrogens (tertiary/aromatic N) is 2. The van der Waals surface area contributed by atoms with Crippen molar-refractivity contribution in [3.63, 3.8) is 0 Å². The minimum atomic E-state index is -3.41. The van der Waals surface area contributed by atoms with Crippen molar-refractivity contribution in [3.8, 4) is 0 Å². The molecule has 1 aromatic rings. The normalized spacial score (nSPS) is 11.9. The Hall–Kier alpha value is -1.14. The molecule has 0 saturated carbocycles. The maximum Gasteiger partial charge on any atom is 0.246 e. The van der Waals surface area contributed by atoms with Gasteiger partial charge in [-0.25, -0.2) is 8.42 Å². The van der Waals surface area contributed by atoms with Gasteiger partial charge in [0, 0.05) is 19.8 Å². The zero-order valence-electron chi connectivity index (χ0n) is 8.19. The van der Waals surface area contributed by atoms with Gasteiger partial charge in [0.25, 0.3) is 0 Å². The number of sulfonamides is 1. The molecule has 6 heteroatoms.